The number of anilines is 1. The number of carbonyl (C=O) groups is 2. The minimum absolute atomic E-state index is 0.00124. The predicted octanol–water partition coefficient (Wildman–Crippen LogP) is 5.04. The Hall–Kier alpha value is -4.77. The Morgan fingerprint density at radius 2 is 1.74 bits per heavy atom. The van der Waals surface area contributed by atoms with E-state index in [-0.39, 0.29) is 36.5 Å². The largest absolute Gasteiger partial charge is 0.504 e. The van der Waals surface area contributed by atoms with Gasteiger partial charge in [-0.1, -0.05) is 48.2 Å². The first-order valence-electron chi connectivity index (χ1n) is 13.2. The molecule has 5 rings (SSSR count). The molecule has 2 amide bonds. The summed E-state index contributed by atoms with van der Waals surface area (Å²) in [5.74, 6) is 0.428. The molecule has 2 N–H and O–H groups in total. The van der Waals surface area contributed by atoms with Crippen molar-refractivity contribution < 1.29 is 28.9 Å². The van der Waals surface area contributed by atoms with Crippen molar-refractivity contribution in [2.24, 2.45) is 0 Å². The van der Waals surface area contributed by atoms with Crippen LogP contribution in [0, 0.1) is 13.8 Å². The molecule has 0 aliphatic carbocycles. The molecule has 216 valence electrons. The number of thioether (sulfide) groups is 1. The molecule has 0 radical (unpaired) electrons. The lowest BCUT2D eigenvalue weighted by atomic mass is 10.0. The number of hydrogen-bond acceptors (Lipinski definition) is 9. The van der Waals surface area contributed by atoms with Gasteiger partial charge in [-0.2, -0.15) is 0 Å². The maximum Gasteiger partial charge on any atom is 0.251 e. The number of fused-ring (bicyclic) bond motifs is 1. The van der Waals surface area contributed by atoms with E-state index in [0.29, 0.717) is 27.9 Å². The van der Waals surface area contributed by atoms with Gasteiger partial charge in [0.25, 0.3) is 5.91 Å². The van der Waals surface area contributed by atoms with Gasteiger partial charge in [-0.25, -0.2) is 9.97 Å². The highest BCUT2D eigenvalue weighted by molar-refractivity contribution is 7.99. The van der Waals surface area contributed by atoms with Crippen molar-refractivity contribution in [2.75, 3.05) is 25.0 Å². The van der Waals surface area contributed by atoms with Crippen LogP contribution in [0.25, 0.3) is 0 Å². The van der Waals surface area contributed by atoms with Crippen LogP contribution >= 0.6 is 11.8 Å². The number of carbonyl (C=O) groups excluding carboxylic acids is 2. The van der Waals surface area contributed by atoms with E-state index >= 15 is 0 Å². The SMILES string of the molecule is COc1cc([C@@H](C(=O)Nc2ccc3c(c2)OCO3)N(Cc2ccccc2)C(=O)CSc2nc(C)cc(C)n2)ccc1O. The van der Waals surface area contributed by atoms with Crippen LogP contribution in [0.15, 0.2) is 78.0 Å². The standard InChI is InChI=1S/C31H30N4O6S/c1-19-13-20(2)33-31(32-19)42-17-28(37)35(16-21-7-5-4-6-8-21)29(22-9-11-24(36)26(14-22)39-3)30(38)34-23-10-12-25-27(15-23)41-18-40-25/h4-15,29,36H,16-18H2,1-3H3,(H,34,38)/t29-/m0/s1. The molecular formula is C31H30N4O6S. The highest BCUT2D eigenvalue weighted by Crippen LogP contribution is 2.36. The van der Waals surface area contributed by atoms with Gasteiger partial charge in [-0.3, -0.25) is 9.59 Å². The Bertz CT molecular complexity index is 1580. The molecule has 0 spiro atoms. The molecule has 1 atom stereocenters. The fourth-order valence-corrected chi connectivity index (χ4v) is 5.43. The summed E-state index contributed by atoms with van der Waals surface area (Å²) in [6, 6.07) is 19.9. The zero-order chi connectivity index (χ0) is 29.6. The van der Waals surface area contributed by atoms with Crippen LogP contribution in [0.3, 0.4) is 0 Å². The molecule has 0 bridgehead atoms. The number of ether oxygens (including phenoxy) is 3. The Morgan fingerprint density at radius 3 is 2.48 bits per heavy atom. The van der Waals surface area contributed by atoms with E-state index in [1.54, 1.807) is 30.3 Å². The Labute approximate surface area is 247 Å². The summed E-state index contributed by atoms with van der Waals surface area (Å²) in [7, 11) is 1.42. The average molecular weight is 587 g/mol. The minimum Gasteiger partial charge on any atom is -0.504 e. The minimum atomic E-state index is -1.08. The summed E-state index contributed by atoms with van der Waals surface area (Å²) in [5, 5.41) is 13.7. The van der Waals surface area contributed by atoms with Crippen LogP contribution in [0.2, 0.25) is 0 Å². The Balaban J connectivity index is 1.51. The van der Waals surface area contributed by atoms with E-state index in [0.717, 1.165) is 17.0 Å². The van der Waals surface area contributed by atoms with Crippen molar-refractivity contribution in [1.29, 1.82) is 0 Å². The number of hydrogen-bond donors (Lipinski definition) is 2. The lowest BCUT2D eigenvalue weighted by Gasteiger charge is -2.32. The van der Waals surface area contributed by atoms with E-state index in [1.165, 1.54) is 29.8 Å². The number of nitrogens with one attached hydrogen (secondary N) is 1. The number of aryl methyl sites for hydroxylation is 2. The summed E-state index contributed by atoms with van der Waals surface area (Å²) < 4.78 is 16.2. The molecule has 1 aliphatic rings. The molecular weight excluding hydrogens is 556 g/mol. The molecule has 1 aromatic heterocycles. The number of nitrogens with zero attached hydrogens (tertiary/aromatic N) is 3. The van der Waals surface area contributed by atoms with Gasteiger partial charge in [0.15, 0.2) is 28.2 Å². The van der Waals surface area contributed by atoms with E-state index < -0.39 is 11.9 Å². The van der Waals surface area contributed by atoms with Crippen LogP contribution in [0.1, 0.15) is 28.6 Å². The Kier molecular flexibility index (Phi) is 8.77. The van der Waals surface area contributed by atoms with Gasteiger partial charge in [0.1, 0.15) is 6.04 Å². The number of amides is 2. The lowest BCUT2D eigenvalue weighted by molar-refractivity contribution is -0.137. The highest BCUT2D eigenvalue weighted by Gasteiger charge is 2.33. The predicted molar refractivity (Wildman–Crippen MR) is 158 cm³/mol. The summed E-state index contributed by atoms with van der Waals surface area (Å²) in [6.07, 6.45) is 0. The Morgan fingerprint density at radius 1 is 1.00 bits per heavy atom. The van der Waals surface area contributed by atoms with Crippen molar-refractivity contribution >= 4 is 29.3 Å². The average Bonchev–Trinajstić information content (AvgIpc) is 3.44. The number of phenolic OH excluding ortho intramolecular Hbond substituents is 1. The van der Waals surface area contributed by atoms with Crippen molar-refractivity contribution in [1.82, 2.24) is 14.9 Å². The van der Waals surface area contributed by atoms with Crippen LogP contribution in [0.5, 0.6) is 23.0 Å². The molecule has 0 saturated heterocycles. The number of benzene rings is 3. The molecule has 1 aliphatic heterocycles. The molecule has 10 nitrogen and oxygen atoms in total. The van der Waals surface area contributed by atoms with Gasteiger partial charge >= 0.3 is 0 Å². The maximum atomic E-state index is 14.1. The fourth-order valence-electron chi connectivity index (χ4n) is 4.59. The molecule has 0 unspecified atom stereocenters. The summed E-state index contributed by atoms with van der Waals surface area (Å²) in [4.78, 5) is 38.5. The summed E-state index contributed by atoms with van der Waals surface area (Å²) >= 11 is 1.21. The van der Waals surface area contributed by atoms with Crippen LogP contribution < -0.4 is 19.5 Å². The fraction of sp³-hybridized carbons (Fsp3) is 0.226. The molecule has 0 saturated carbocycles. The second-order valence-electron chi connectivity index (χ2n) is 9.62. The molecule has 42 heavy (non-hydrogen) atoms. The van der Waals surface area contributed by atoms with E-state index in [2.05, 4.69) is 15.3 Å². The normalized spacial score (nSPS) is 12.5. The van der Waals surface area contributed by atoms with E-state index in [9.17, 15) is 14.7 Å². The van der Waals surface area contributed by atoms with Crippen LogP contribution in [-0.4, -0.2) is 51.4 Å². The van der Waals surface area contributed by atoms with Gasteiger partial charge in [-0.05, 0) is 55.3 Å². The van der Waals surface area contributed by atoms with Gasteiger partial charge in [0, 0.05) is 29.7 Å². The summed E-state index contributed by atoms with van der Waals surface area (Å²) in [6.45, 7) is 3.99. The smallest absolute Gasteiger partial charge is 0.251 e. The van der Waals surface area contributed by atoms with Crippen molar-refractivity contribution in [3.05, 3.63) is 95.3 Å². The van der Waals surface area contributed by atoms with Crippen molar-refractivity contribution in [3.63, 3.8) is 0 Å². The second kappa shape index (κ2) is 12.8. The number of phenols is 1. The maximum absolute atomic E-state index is 14.1. The lowest BCUT2D eigenvalue weighted by Crippen LogP contribution is -2.41. The summed E-state index contributed by atoms with van der Waals surface area (Å²) in [5.41, 5.74) is 3.38. The first-order valence-corrected chi connectivity index (χ1v) is 14.1. The van der Waals surface area contributed by atoms with Crippen LogP contribution in [0.4, 0.5) is 5.69 Å². The third-order valence-electron chi connectivity index (χ3n) is 6.52. The number of aromatic nitrogens is 2. The van der Waals surface area contributed by atoms with Gasteiger partial charge < -0.3 is 29.5 Å². The van der Waals surface area contributed by atoms with Crippen molar-refractivity contribution in [3.8, 4) is 23.0 Å². The van der Waals surface area contributed by atoms with E-state index in [1.807, 2.05) is 50.2 Å². The second-order valence-corrected chi connectivity index (χ2v) is 10.6. The van der Waals surface area contributed by atoms with Gasteiger partial charge in [-0.15, -0.1) is 0 Å². The monoisotopic (exact) mass is 586 g/mol. The van der Waals surface area contributed by atoms with Gasteiger partial charge in [0.05, 0.1) is 12.9 Å². The third-order valence-corrected chi connectivity index (χ3v) is 7.35. The number of methoxy groups -OCH3 is 1. The third kappa shape index (κ3) is 6.74. The zero-order valence-corrected chi connectivity index (χ0v) is 24.2. The first-order chi connectivity index (χ1) is 20.3. The van der Waals surface area contributed by atoms with Crippen molar-refractivity contribution in [2.45, 2.75) is 31.6 Å². The molecule has 4 aromatic rings. The molecule has 3 aromatic carbocycles. The molecule has 11 heteroatoms. The van der Waals surface area contributed by atoms with E-state index in [4.69, 9.17) is 14.2 Å². The number of rotatable bonds is 10. The quantitative estimate of drug-likeness (QED) is 0.194. The topological polar surface area (TPSA) is 123 Å². The molecule has 2 heterocycles. The first kappa shape index (κ1) is 28.7. The van der Waals surface area contributed by atoms with Gasteiger partial charge in [0.2, 0.25) is 12.7 Å². The number of aromatic hydroxyl groups is 1. The van der Waals surface area contributed by atoms with Crippen LogP contribution in [-0.2, 0) is 16.1 Å². The zero-order valence-electron chi connectivity index (χ0n) is 23.4. The highest BCUT2D eigenvalue weighted by atomic mass is 32.2. The molecule has 0 fully saturated rings.